The molecule has 0 saturated heterocycles. The molecule has 0 unspecified atom stereocenters. The second kappa shape index (κ2) is 5.62. The number of rotatable bonds is 3. The fourth-order valence-electron chi connectivity index (χ4n) is 2.54. The van der Waals surface area contributed by atoms with Crippen LogP contribution in [0.1, 0.15) is 34.0 Å². The highest BCUT2D eigenvalue weighted by molar-refractivity contribution is 7.89. The molecule has 2 heterocycles. The molecule has 1 aromatic carbocycles. The highest BCUT2D eigenvalue weighted by Gasteiger charge is 2.36. The summed E-state index contributed by atoms with van der Waals surface area (Å²) in [5.41, 5.74) is 0.635. The van der Waals surface area contributed by atoms with Crippen LogP contribution in [-0.4, -0.2) is 23.6 Å². The second-order valence-corrected chi connectivity index (χ2v) is 7.59. The molecule has 0 atom stereocenters. The van der Waals surface area contributed by atoms with Crippen molar-refractivity contribution in [2.45, 2.75) is 25.1 Å². The highest BCUT2D eigenvalue weighted by Crippen LogP contribution is 2.29. The third kappa shape index (κ3) is 3.01. The topological polar surface area (TPSA) is 67.3 Å². The molecule has 0 N–H and O–H groups in total. The molecule has 0 spiro atoms. The van der Waals surface area contributed by atoms with Gasteiger partial charge in [0.15, 0.2) is 0 Å². The van der Waals surface area contributed by atoms with E-state index in [2.05, 4.69) is 4.98 Å². The van der Waals surface area contributed by atoms with Gasteiger partial charge in [-0.3, -0.25) is 9.78 Å². The van der Waals surface area contributed by atoms with Gasteiger partial charge in [-0.2, -0.15) is 0 Å². The maximum atomic E-state index is 13.4. The Labute approximate surface area is 138 Å². The first-order valence-electron chi connectivity index (χ1n) is 7.13. The van der Waals surface area contributed by atoms with E-state index in [9.17, 15) is 22.0 Å². The predicted octanol–water partition coefficient (Wildman–Crippen LogP) is 2.68. The van der Waals surface area contributed by atoms with Crippen LogP contribution in [-0.2, 0) is 28.2 Å². The van der Waals surface area contributed by atoms with Gasteiger partial charge >= 0.3 is 0 Å². The number of hydrogen-bond donors (Lipinski definition) is 0. The van der Waals surface area contributed by atoms with Gasteiger partial charge in [0.05, 0.1) is 12.3 Å². The lowest BCUT2D eigenvalue weighted by atomic mass is 10.1. The Morgan fingerprint density at radius 3 is 2.67 bits per heavy atom. The van der Waals surface area contributed by atoms with Crippen LogP contribution in [0.15, 0.2) is 42.7 Å². The van der Waals surface area contributed by atoms with Crippen molar-refractivity contribution < 1.29 is 22.0 Å². The minimum atomic E-state index is -3.86. The normalized spacial score (nSPS) is 16.8. The van der Waals surface area contributed by atoms with Crippen molar-refractivity contribution in [3.8, 4) is 0 Å². The fraction of sp³-hybridized carbons (Fsp3) is 0.250. The molecule has 2 aromatic rings. The lowest BCUT2D eigenvalue weighted by Crippen LogP contribution is -2.41. The molecular weight excluding hydrogens is 338 g/mol. The molecule has 1 aliphatic rings. The number of hydrogen-bond acceptors (Lipinski definition) is 4. The molecule has 3 rings (SSSR count). The van der Waals surface area contributed by atoms with Gasteiger partial charge in [0.1, 0.15) is 0 Å². The van der Waals surface area contributed by atoms with Gasteiger partial charge < -0.3 is 0 Å². The molecule has 5 nitrogen and oxygen atoms in total. The number of carbonyl (C=O) groups is 1. The average molecular weight is 352 g/mol. The standard InChI is InChI=1S/C16H14F2N2O3S/c1-16(17,18)13-6-11(7-19-8-13)9-20-15(21)14-5-3-2-4-12(14)10-24(20,22)23/h2-8H,9-10H2,1H3. The summed E-state index contributed by atoms with van der Waals surface area (Å²) in [5.74, 6) is -4.06. The van der Waals surface area contributed by atoms with E-state index in [1.807, 2.05) is 0 Å². The van der Waals surface area contributed by atoms with Crippen LogP contribution >= 0.6 is 0 Å². The first-order valence-corrected chi connectivity index (χ1v) is 8.74. The van der Waals surface area contributed by atoms with Crippen LogP contribution in [0.25, 0.3) is 0 Å². The zero-order valence-corrected chi connectivity index (χ0v) is 13.6. The van der Waals surface area contributed by atoms with Crippen LogP contribution in [0.5, 0.6) is 0 Å². The molecule has 1 amide bonds. The Balaban J connectivity index is 1.97. The van der Waals surface area contributed by atoms with E-state index >= 15 is 0 Å². The van der Waals surface area contributed by atoms with Crippen LogP contribution in [0.3, 0.4) is 0 Å². The Morgan fingerprint density at radius 2 is 1.96 bits per heavy atom. The zero-order valence-electron chi connectivity index (χ0n) is 12.7. The number of halogens is 2. The molecule has 126 valence electrons. The quantitative estimate of drug-likeness (QED) is 0.852. The van der Waals surface area contributed by atoms with Gasteiger partial charge in [0, 0.05) is 30.4 Å². The molecule has 0 fully saturated rings. The van der Waals surface area contributed by atoms with E-state index < -0.39 is 21.9 Å². The summed E-state index contributed by atoms with van der Waals surface area (Å²) in [6.45, 7) is 0.402. The minimum absolute atomic E-state index is 0.227. The number of sulfonamides is 1. The van der Waals surface area contributed by atoms with Crippen molar-refractivity contribution in [2.24, 2.45) is 0 Å². The van der Waals surface area contributed by atoms with Crippen LogP contribution in [0.2, 0.25) is 0 Å². The summed E-state index contributed by atoms with van der Waals surface area (Å²) in [4.78, 5) is 16.2. The Kier molecular flexibility index (Phi) is 3.87. The van der Waals surface area contributed by atoms with Crippen molar-refractivity contribution in [1.29, 1.82) is 0 Å². The Bertz CT molecular complexity index is 908. The summed E-state index contributed by atoms with van der Waals surface area (Å²) in [6, 6.07) is 7.60. The van der Waals surface area contributed by atoms with Crippen LogP contribution in [0, 0.1) is 0 Å². The number of fused-ring (bicyclic) bond motifs is 1. The smallest absolute Gasteiger partial charge is 0.268 e. The number of amides is 1. The van der Waals surface area contributed by atoms with Crippen LogP contribution in [0.4, 0.5) is 8.78 Å². The lowest BCUT2D eigenvalue weighted by molar-refractivity contribution is 0.0170. The molecule has 24 heavy (non-hydrogen) atoms. The van der Waals surface area contributed by atoms with Crippen molar-refractivity contribution in [3.63, 3.8) is 0 Å². The van der Waals surface area contributed by atoms with Crippen molar-refractivity contribution in [3.05, 3.63) is 65.0 Å². The molecule has 0 saturated carbocycles. The number of pyridine rings is 1. The highest BCUT2D eigenvalue weighted by atomic mass is 32.2. The predicted molar refractivity (Wildman–Crippen MR) is 82.7 cm³/mol. The average Bonchev–Trinajstić information content (AvgIpc) is 2.50. The van der Waals surface area contributed by atoms with Gasteiger partial charge in [-0.1, -0.05) is 18.2 Å². The maximum Gasteiger partial charge on any atom is 0.272 e. The molecular formula is C16H14F2N2O3S. The number of carbonyl (C=O) groups excluding carboxylic acids is 1. The summed E-state index contributed by atoms with van der Waals surface area (Å²) in [7, 11) is -3.86. The Morgan fingerprint density at radius 1 is 1.25 bits per heavy atom. The minimum Gasteiger partial charge on any atom is -0.268 e. The fourth-order valence-corrected chi connectivity index (χ4v) is 4.04. The third-order valence-corrected chi connectivity index (χ3v) is 5.42. The van der Waals surface area contributed by atoms with E-state index in [-0.39, 0.29) is 23.4 Å². The molecule has 1 aromatic heterocycles. The van der Waals surface area contributed by atoms with Crippen molar-refractivity contribution >= 4 is 15.9 Å². The summed E-state index contributed by atoms with van der Waals surface area (Å²) >= 11 is 0. The molecule has 8 heteroatoms. The molecule has 1 aliphatic heterocycles. The van der Waals surface area contributed by atoms with E-state index in [1.165, 1.54) is 6.20 Å². The Hall–Kier alpha value is -2.35. The first-order chi connectivity index (χ1) is 11.2. The van der Waals surface area contributed by atoms with Crippen molar-refractivity contribution in [1.82, 2.24) is 9.29 Å². The van der Waals surface area contributed by atoms with Gasteiger partial charge in [-0.25, -0.2) is 21.5 Å². The molecule has 0 aliphatic carbocycles. The maximum absolute atomic E-state index is 13.4. The summed E-state index contributed by atoms with van der Waals surface area (Å²) in [5, 5.41) is 0. The number of benzene rings is 1. The van der Waals surface area contributed by atoms with Gasteiger partial charge in [-0.15, -0.1) is 0 Å². The summed E-state index contributed by atoms with van der Waals surface area (Å²) in [6.07, 6.45) is 2.30. The molecule has 0 bridgehead atoms. The van der Waals surface area contributed by atoms with Gasteiger partial charge in [0.25, 0.3) is 11.8 Å². The second-order valence-electron chi connectivity index (χ2n) is 5.70. The van der Waals surface area contributed by atoms with Gasteiger partial charge in [-0.05, 0) is 23.3 Å². The largest absolute Gasteiger partial charge is 0.272 e. The van der Waals surface area contributed by atoms with Crippen LogP contribution < -0.4 is 0 Å². The van der Waals surface area contributed by atoms with E-state index in [0.717, 1.165) is 19.2 Å². The SMILES string of the molecule is CC(F)(F)c1cncc(CN2C(=O)c3ccccc3CS2(=O)=O)c1. The summed E-state index contributed by atoms with van der Waals surface area (Å²) < 4.78 is 52.3. The van der Waals surface area contributed by atoms with Crippen molar-refractivity contribution in [2.75, 3.05) is 0 Å². The third-order valence-electron chi connectivity index (χ3n) is 3.78. The first kappa shape index (κ1) is 16.5. The monoisotopic (exact) mass is 352 g/mol. The zero-order chi connectivity index (χ0) is 17.5. The number of aromatic nitrogens is 1. The van der Waals surface area contributed by atoms with E-state index in [0.29, 0.717) is 15.4 Å². The van der Waals surface area contributed by atoms with Gasteiger partial charge in [0.2, 0.25) is 10.0 Å². The van der Waals surface area contributed by atoms with E-state index in [1.54, 1.807) is 24.3 Å². The number of alkyl halides is 2. The molecule has 0 radical (unpaired) electrons. The van der Waals surface area contributed by atoms with E-state index in [4.69, 9.17) is 0 Å². The lowest BCUT2D eigenvalue weighted by Gasteiger charge is -2.28. The number of nitrogens with zero attached hydrogens (tertiary/aromatic N) is 2.